The molecule has 0 saturated carbocycles. The van der Waals surface area contributed by atoms with E-state index < -0.39 is 27.9 Å². The molecular weight excluding hydrogens is 258 g/mol. The van der Waals surface area contributed by atoms with Crippen molar-refractivity contribution in [2.75, 3.05) is 18.5 Å². The monoisotopic (exact) mass is 272 g/mol. The molecule has 0 spiro atoms. The van der Waals surface area contributed by atoms with E-state index in [2.05, 4.69) is 5.32 Å². The highest BCUT2D eigenvalue weighted by molar-refractivity contribution is 5.63. The highest BCUT2D eigenvalue weighted by atomic mass is 19.2. The second-order valence-corrected chi connectivity index (χ2v) is 4.57. The summed E-state index contributed by atoms with van der Waals surface area (Å²) in [5.41, 5.74) is -0.867. The minimum absolute atomic E-state index is 0.127. The lowest BCUT2D eigenvalue weighted by molar-refractivity contribution is -0.384. The predicted molar refractivity (Wildman–Crippen MR) is 65.0 cm³/mol. The van der Waals surface area contributed by atoms with Gasteiger partial charge in [-0.15, -0.1) is 0 Å². The second kappa shape index (κ2) is 5.48. The van der Waals surface area contributed by atoms with Gasteiger partial charge in [-0.3, -0.25) is 10.1 Å². The number of nitro groups is 1. The first-order valence-corrected chi connectivity index (χ1v) is 5.97. The van der Waals surface area contributed by atoms with Crippen molar-refractivity contribution in [2.45, 2.75) is 19.4 Å². The van der Waals surface area contributed by atoms with Crippen molar-refractivity contribution in [1.29, 1.82) is 0 Å². The first kappa shape index (κ1) is 13.7. The average Bonchev–Trinajstić information content (AvgIpc) is 2.88. The van der Waals surface area contributed by atoms with Crippen molar-refractivity contribution >= 4 is 11.4 Å². The van der Waals surface area contributed by atoms with Crippen LogP contribution in [0, 0.1) is 27.7 Å². The Hall–Kier alpha value is -1.76. The molecule has 7 heteroatoms. The van der Waals surface area contributed by atoms with Gasteiger partial charge in [0, 0.05) is 24.6 Å². The van der Waals surface area contributed by atoms with Gasteiger partial charge in [0.05, 0.1) is 11.5 Å². The third-order valence-electron chi connectivity index (χ3n) is 3.31. The molecule has 0 amide bonds. The van der Waals surface area contributed by atoms with Gasteiger partial charge in [0.1, 0.15) is 0 Å². The van der Waals surface area contributed by atoms with E-state index in [0.717, 1.165) is 18.6 Å². The Morgan fingerprint density at radius 1 is 1.53 bits per heavy atom. The van der Waals surface area contributed by atoms with E-state index in [1.165, 1.54) is 0 Å². The van der Waals surface area contributed by atoms with Crippen molar-refractivity contribution in [3.8, 4) is 0 Å². The SMILES string of the molecule is CC(Nc1c([N+](=O)[O-])ccc(F)c1F)C1CCOC1. The molecule has 0 aromatic heterocycles. The number of nitro benzene ring substituents is 1. The van der Waals surface area contributed by atoms with Gasteiger partial charge in [0.25, 0.3) is 5.69 Å². The Labute approximate surface area is 108 Å². The summed E-state index contributed by atoms with van der Waals surface area (Å²) >= 11 is 0. The van der Waals surface area contributed by atoms with Crippen molar-refractivity contribution in [1.82, 2.24) is 0 Å². The summed E-state index contributed by atoms with van der Waals surface area (Å²) in [4.78, 5) is 10.1. The molecule has 1 heterocycles. The first-order chi connectivity index (χ1) is 9.00. The molecular formula is C12H14F2N2O3. The Kier molecular flexibility index (Phi) is 3.94. The topological polar surface area (TPSA) is 64.4 Å². The Morgan fingerprint density at radius 2 is 2.26 bits per heavy atom. The van der Waals surface area contributed by atoms with E-state index in [9.17, 15) is 18.9 Å². The highest BCUT2D eigenvalue weighted by Gasteiger charge is 2.27. The van der Waals surface area contributed by atoms with Gasteiger partial charge in [0.15, 0.2) is 17.3 Å². The zero-order chi connectivity index (χ0) is 14.0. The van der Waals surface area contributed by atoms with Gasteiger partial charge in [-0.05, 0) is 19.4 Å². The number of benzene rings is 1. The van der Waals surface area contributed by atoms with E-state index in [-0.39, 0.29) is 12.0 Å². The van der Waals surface area contributed by atoms with Crippen LogP contribution >= 0.6 is 0 Å². The maximum atomic E-state index is 13.7. The summed E-state index contributed by atoms with van der Waals surface area (Å²) in [6.07, 6.45) is 0.791. The summed E-state index contributed by atoms with van der Waals surface area (Å²) in [5, 5.41) is 13.5. The van der Waals surface area contributed by atoms with Crippen LogP contribution < -0.4 is 5.32 Å². The number of halogens is 2. The number of ether oxygens (including phenoxy) is 1. The van der Waals surface area contributed by atoms with Gasteiger partial charge in [-0.25, -0.2) is 8.78 Å². The van der Waals surface area contributed by atoms with Crippen LogP contribution in [0.1, 0.15) is 13.3 Å². The van der Waals surface area contributed by atoms with Crippen LogP contribution in [0.3, 0.4) is 0 Å². The van der Waals surface area contributed by atoms with Gasteiger partial charge >= 0.3 is 0 Å². The summed E-state index contributed by atoms with van der Waals surface area (Å²) in [6.45, 7) is 2.90. The fourth-order valence-electron chi connectivity index (χ4n) is 2.12. The number of nitrogens with one attached hydrogen (secondary N) is 1. The molecule has 19 heavy (non-hydrogen) atoms. The number of hydrogen-bond acceptors (Lipinski definition) is 4. The molecule has 1 saturated heterocycles. The smallest absolute Gasteiger partial charge is 0.295 e. The van der Waals surface area contributed by atoms with E-state index >= 15 is 0 Å². The van der Waals surface area contributed by atoms with Crippen LogP contribution in [0.25, 0.3) is 0 Å². The van der Waals surface area contributed by atoms with Crippen LogP contribution in [0.15, 0.2) is 12.1 Å². The molecule has 0 aliphatic carbocycles. The largest absolute Gasteiger partial charge is 0.381 e. The molecule has 1 aliphatic heterocycles. The molecule has 2 rings (SSSR count). The van der Waals surface area contributed by atoms with Gasteiger partial charge < -0.3 is 10.1 Å². The molecule has 104 valence electrons. The molecule has 1 aromatic carbocycles. The van der Waals surface area contributed by atoms with Crippen LogP contribution in [0.5, 0.6) is 0 Å². The Morgan fingerprint density at radius 3 is 2.84 bits per heavy atom. The molecule has 5 nitrogen and oxygen atoms in total. The molecule has 0 radical (unpaired) electrons. The first-order valence-electron chi connectivity index (χ1n) is 5.97. The third-order valence-corrected chi connectivity index (χ3v) is 3.31. The molecule has 1 N–H and O–H groups in total. The van der Waals surface area contributed by atoms with Gasteiger partial charge in [-0.2, -0.15) is 0 Å². The Balaban J connectivity index is 2.27. The van der Waals surface area contributed by atoms with Gasteiger partial charge in [-0.1, -0.05) is 0 Å². The molecule has 2 atom stereocenters. The molecule has 1 aliphatic rings. The zero-order valence-corrected chi connectivity index (χ0v) is 10.4. The van der Waals surface area contributed by atoms with Crippen molar-refractivity contribution in [3.05, 3.63) is 33.9 Å². The lowest BCUT2D eigenvalue weighted by Gasteiger charge is -2.20. The van der Waals surface area contributed by atoms with E-state index in [4.69, 9.17) is 4.74 Å². The average molecular weight is 272 g/mol. The molecule has 1 aromatic rings. The lowest BCUT2D eigenvalue weighted by atomic mass is 10.0. The normalized spacial score (nSPS) is 20.3. The van der Waals surface area contributed by atoms with Crippen molar-refractivity contribution < 1.29 is 18.4 Å². The lowest BCUT2D eigenvalue weighted by Crippen LogP contribution is -2.27. The van der Waals surface area contributed by atoms with E-state index in [1.54, 1.807) is 6.92 Å². The summed E-state index contributed by atoms with van der Waals surface area (Å²) < 4.78 is 32.1. The number of nitrogens with zero attached hydrogens (tertiary/aromatic N) is 1. The summed E-state index contributed by atoms with van der Waals surface area (Å²) in [5.74, 6) is -2.20. The van der Waals surface area contributed by atoms with Crippen LogP contribution in [-0.2, 0) is 4.74 Å². The minimum atomic E-state index is -1.22. The van der Waals surface area contributed by atoms with Crippen LogP contribution in [0.2, 0.25) is 0 Å². The molecule has 2 unspecified atom stereocenters. The van der Waals surface area contributed by atoms with Crippen molar-refractivity contribution in [3.63, 3.8) is 0 Å². The molecule has 1 fully saturated rings. The number of rotatable bonds is 4. The van der Waals surface area contributed by atoms with Crippen molar-refractivity contribution in [2.24, 2.45) is 5.92 Å². The van der Waals surface area contributed by atoms with Gasteiger partial charge in [0.2, 0.25) is 0 Å². The number of hydrogen-bond donors (Lipinski definition) is 1. The van der Waals surface area contributed by atoms with Crippen LogP contribution in [0.4, 0.5) is 20.2 Å². The standard InChI is InChI=1S/C12H14F2N2O3/c1-7(8-4-5-19-6-8)15-12-10(16(17)18)3-2-9(13)11(12)14/h2-3,7-8,15H,4-6H2,1H3. The zero-order valence-electron chi connectivity index (χ0n) is 10.4. The maximum Gasteiger partial charge on any atom is 0.295 e. The fourth-order valence-corrected chi connectivity index (χ4v) is 2.12. The third kappa shape index (κ3) is 2.81. The second-order valence-electron chi connectivity index (χ2n) is 4.57. The summed E-state index contributed by atoms with van der Waals surface area (Å²) in [7, 11) is 0. The Bertz CT molecular complexity index is 490. The predicted octanol–water partition coefficient (Wildman–Crippen LogP) is 2.71. The summed E-state index contributed by atoms with van der Waals surface area (Å²) in [6, 6.07) is 1.47. The van der Waals surface area contributed by atoms with Crippen LogP contribution in [-0.4, -0.2) is 24.2 Å². The van der Waals surface area contributed by atoms with E-state index in [1.807, 2.05) is 0 Å². The van der Waals surface area contributed by atoms with E-state index in [0.29, 0.717) is 13.2 Å². The maximum absolute atomic E-state index is 13.7. The fraction of sp³-hybridized carbons (Fsp3) is 0.500. The molecule has 0 bridgehead atoms. The minimum Gasteiger partial charge on any atom is -0.381 e. The highest BCUT2D eigenvalue weighted by Crippen LogP contribution is 2.31. The number of anilines is 1. The quantitative estimate of drug-likeness (QED) is 0.676.